The molecule has 3 rings (SSSR count). The highest BCUT2D eigenvalue weighted by Gasteiger charge is 2.66. The summed E-state index contributed by atoms with van der Waals surface area (Å²) in [5.41, 5.74) is 0.940. The highest BCUT2D eigenvalue weighted by molar-refractivity contribution is 6.74. The zero-order valence-electron chi connectivity index (χ0n) is 18.4. The molecule has 0 saturated carbocycles. The number of hydrogen-bond acceptors (Lipinski definition) is 3. The Hall–Kier alpha value is -1.30. The lowest BCUT2D eigenvalue weighted by Crippen LogP contribution is -2.46. The number of rotatable bonds is 4. The zero-order chi connectivity index (χ0) is 20.8. The maximum Gasteiger partial charge on any atom is 0.192 e. The minimum absolute atomic E-state index is 0.0908. The maximum atomic E-state index is 11.1. The molecular formula is C24H34O3Si. The summed E-state index contributed by atoms with van der Waals surface area (Å²) < 4.78 is 12.4. The largest absolute Gasteiger partial charge is 0.414 e. The van der Waals surface area contributed by atoms with Crippen LogP contribution in [0.15, 0.2) is 23.3 Å². The Balaban J connectivity index is 1.89. The van der Waals surface area contributed by atoms with E-state index in [4.69, 9.17) is 9.16 Å². The van der Waals surface area contributed by atoms with Crippen molar-refractivity contribution in [3.8, 4) is 23.7 Å². The second-order valence-electron chi connectivity index (χ2n) is 10.3. The van der Waals surface area contributed by atoms with Crippen LogP contribution in [-0.2, 0) is 9.16 Å². The monoisotopic (exact) mass is 398 g/mol. The van der Waals surface area contributed by atoms with Crippen molar-refractivity contribution < 1.29 is 14.3 Å². The Bertz CT molecular complexity index is 820. The van der Waals surface area contributed by atoms with E-state index >= 15 is 0 Å². The number of hydrogen-bond donors (Lipinski definition) is 1. The first-order valence-electron chi connectivity index (χ1n) is 10.3. The number of aliphatic hydroxyl groups is 1. The Morgan fingerprint density at radius 2 is 2.04 bits per heavy atom. The third kappa shape index (κ3) is 4.03. The summed E-state index contributed by atoms with van der Waals surface area (Å²) in [6.45, 7) is 15.4. The molecule has 3 atom stereocenters. The molecular weight excluding hydrogens is 364 g/mol. The molecule has 2 aliphatic carbocycles. The second-order valence-corrected chi connectivity index (χ2v) is 15.1. The second kappa shape index (κ2) is 7.19. The van der Waals surface area contributed by atoms with E-state index in [1.165, 1.54) is 5.57 Å². The summed E-state index contributed by atoms with van der Waals surface area (Å²) in [4.78, 5) is 0. The zero-order valence-corrected chi connectivity index (χ0v) is 19.4. The fourth-order valence-corrected chi connectivity index (χ4v) is 4.54. The van der Waals surface area contributed by atoms with Gasteiger partial charge in [-0.05, 0) is 62.9 Å². The molecule has 0 radical (unpaired) electrons. The average molecular weight is 399 g/mol. The minimum atomic E-state index is -1.96. The van der Waals surface area contributed by atoms with Crippen LogP contribution < -0.4 is 0 Å². The van der Waals surface area contributed by atoms with Crippen LogP contribution in [0.3, 0.4) is 0 Å². The Labute approximate surface area is 171 Å². The topological polar surface area (TPSA) is 42.0 Å². The van der Waals surface area contributed by atoms with Gasteiger partial charge in [0, 0.05) is 5.57 Å². The maximum absolute atomic E-state index is 11.1. The van der Waals surface area contributed by atoms with Crippen LogP contribution in [0.2, 0.25) is 18.1 Å². The van der Waals surface area contributed by atoms with Crippen LogP contribution in [-0.4, -0.2) is 37.8 Å². The van der Waals surface area contributed by atoms with Gasteiger partial charge in [-0.1, -0.05) is 50.5 Å². The molecule has 1 fully saturated rings. The quantitative estimate of drug-likeness (QED) is 0.428. The number of ether oxygens (including phenoxy) is 1. The van der Waals surface area contributed by atoms with Crippen molar-refractivity contribution in [2.75, 3.05) is 6.61 Å². The van der Waals surface area contributed by atoms with Crippen molar-refractivity contribution in [2.24, 2.45) is 5.41 Å². The predicted molar refractivity (Wildman–Crippen MR) is 116 cm³/mol. The van der Waals surface area contributed by atoms with E-state index in [2.05, 4.69) is 77.5 Å². The normalized spacial score (nSPS) is 31.4. The lowest BCUT2D eigenvalue weighted by Gasteiger charge is -2.37. The van der Waals surface area contributed by atoms with E-state index in [9.17, 15) is 5.11 Å². The molecule has 0 aromatic carbocycles. The SMILES string of the molecule is CC1(C)C#C/C=C2/CCCC=C2C#C[C@]2([C@H](O)CO[Si](C)(C)C(C)(C)C)O[C@H]12. The molecule has 3 aliphatic rings. The summed E-state index contributed by atoms with van der Waals surface area (Å²) in [5, 5.41) is 11.2. The van der Waals surface area contributed by atoms with Crippen molar-refractivity contribution in [1.29, 1.82) is 0 Å². The van der Waals surface area contributed by atoms with Gasteiger partial charge in [-0.15, -0.1) is 0 Å². The van der Waals surface area contributed by atoms with Crippen LogP contribution in [0, 0.1) is 29.1 Å². The fraction of sp³-hybridized carbons (Fsp3) is 0.667. The summed E-state index contributed by atoms with van der Waals surface area (Å²) >= 11 is 0. The number of epoxide rings is 1. The molecule has 1 aliphatic heterocycles. The molecule has 0 aromatic rings. The Kier molecular flexibility index (Phi) is 5.50. The van der Waals surface area contributed by atoms with Crippen LogP contribution in [0.5, 0.6) is 0 Å². The highest BCUT2D eigenvalue weighted by atomic mass is 28.4. The van der Waals surface area contributed by atoms with Gasteiger partial charge in [0.1, 0.15) is 12.2 Å². The molecule has 1 heterocycles. The van der Waals surface area contributed by atoms with Gasteiger partial charge in [-0.25, -0.2) is 0 Å². The Morgan fingerprint density at radius 1 is 1.32 bits per heavy atom. The van der Waals surface area contributed by atoms with Gasteiger partial charge in [0.05, 0.1) is 12.0 Å². The molecule has 0 spiro atoms. The van der Waals surface area contributed by atoms with Gasteiger partial charge in [-0.3, -0.25) is 0 Å². The molecule has 28 heavy (non-hydrogen) atoms. The molecule has 0 aromatic heterocycles. The van der Waals surface area contributed by atoms with E-state index in [-0.39, 0.29) is 23.2 Å². The van der Waals surface area contributed by atoms with Crippen molar-refractivity contribution >= 4 is 8.32 Å². The molecule has 4 heteroatoms. The van der Waals surface area contributed by atoms with Crippen molar-refractivity contribution in [2.45, 2.75) is 89.8 Å². The van der Waals surface area contributed by atoms with Crippen LogP contribution >= 0.6 is 0 Å². The van der Waals surface area contributed by atoms with Gasteiger partial charge >= 0.3 is 0 Å². The smallest absolute Gasteiger partial charge is 0.192 e. The van der Waals surface area contributed by atoms with Crippen LogP contribution in [0.1, 0.15) is 53.9 Å². The molecule has 1 N–H and O–H groups in total. The van der Waals surface area contributed by atoms with Crippen molar-refractivity contribution in [3.05, 3.63) is 23.3 Å². The highest BCUT2D eigenvalue weighted by Crippen LogP contribution is 2.50. The molecule has 3 nitrogen and oxygen atoms in total. The first-order chi connectivity index (χ1) is 12.9. The first-order valence-corrected chi connectivity index (χ1v) is 13.3. The Morgan fingerprint density at radius 3 is 2.71 bits per heavy atom. The van der Waals surface area contributed by atoms with E-state index in [0.717, 1.165) is 24.8 Å². The number of allylic oxidation sites excluding steroid dienone is 4. The van der Waals surface area contributed by atoms with Gasteiger partial charge in [-0.2, -0.15) is 0 Å². The summed E-state index contributed by atoms with van der Waals surface area (Å²) in [6.07, 6.45) is 6.34. The molecule has 0 amide bonds. The summed E-state index contributed by atoms with van der Waals surface area (Å²) in [7, 11) is -1.96. The molecule has 152 valence electrons. The van der Waals surface area contributed by atoms with Crippen molar-refractivity contribution in [3.63, 3.8) is 0 Å². The van der Waals surface area contributed by atoms with Crippen LogP contribution in [0.4, 0.5) is 0 Å². The van der Waals surface area contributed by atoms with E-state index < -0.39 is 20.0 Å². The standard InChI is InChI=1S/C24H34O3Si/c1-22(2,3)28(6,7)26-17-20(25)24-16-14-19-12-9-8-11-18(19)13-10-15-23(4,5)21(24)27-24/h12-13,20-21,25H,8-9,11,17H2,1-7H3/b18-13-/t20-,21-,24-/m1/s1. The first kappa shape index (κ1) is 21.4. The molecule has 0 bridgehead atoms. The van der Waals surface area contributed by atoms with Gasteiger partial charge < -0.3 is 14.3 Å². The van der Waals surface area contributed by atoms with E-state index in [1.807, 2.05) is 6.08 Å². The third-order valence-corrected chi connectivity index (χ3v) is 11.1. The van der Waals surface area contributed by atoms with E-state index in [0.29, 0.717) is 0 Å². The van der Waals surface area contributed by atoms with Crippen molar-refractivity contribution in [1.82, 2.24) is 0 Å². The number of aliphatic hydroxyl groups excluding tert-OH is 1. The lowest BCUT2D eigenvalue weighted by atomic mass is 9.80. The van der Waals surface area contributed by atoms with Crippen LogP contribution in [0.25, 0.3) is 0 Å². The van der Waals surface area contributed by atoms with Gasteiger partial charge in [0.25, 0.3) is 0 Å². The number of fused-ring (bicyclic) bond motifs is 2. The summed E-state index contributed by atoms with van der Waals surface area (Å²) in [6, 6.07) is 0. The molecule has 0 unspecified atom stereocenters. The predicted octanol–water partition coefficient (Wildman–Crippen LogP) is 4.59. The van der Waals surface area contributed by atoms with Gasteiger partial charge in [0.2, 0.25) is 0 Å². The lowest BCUT2D eigenvalue weighted by molar-refractivity contribution is 0.0524. The van der Waals surface area contributed by atoms with Gasteiger partial charge in [0.15, 0.2) is 13.9 Å². The summed E-state index contributed by atoms with van der Waals surface area (Å²) in [5.74, 6) is 13.2. The minimum Gasteiger partial charge on any atom is -0.414 e. The van der Waals surface area contributed by atoms with E-state index in [1.54, 1.807) is 0 Å². The third-order valence-electron chi connectivity index (χ3n) is 6.58. The molecule has 1 saturated heterocycles. The average Bonchev–Trinajstić information content (AvgIpc) is 3.35. The fourth-order valence-electron chi connectivity index (χ4n) is 3.53.